The molecule has 2 heteroatoms. The first-order valence-electron chi connectivity index (χ1n) is 4.37. The minimum Gasteiger partial charge on any atom is -0.393 e. The Hall–Kier alpha value is -1.31. The molecule has 1 aromatic carbocycles. The van der Waals surface area contributed by atoms with E-state index in [4.69, 9.17) is 4.84 Å². The van der Waals surface area contributed by atoms with Crippen LogP contribution in [0.15, 0.2) is 29.4 Å². The molecule has 69 valence electrons. The van der Waals surface area contributed by atoms with E-state index in [1.807, 2.05) is 45.0 Å². The van der Waals surface area contributed by atoms with Crippen LogP contribution in [-0.2, 0) is 4.84 Å². The molecule has 0 heterocycles. The number of benzene rings is 1. The molecule has 0 aromatic heterocycles. The van der Waals surface area contributed by atoms with Gasteiger partial charge in [-0.1, -0.05) is 28.9 Å². The minimum absolute atomic E-state index is 0.109. The Morgan fingerprint density at radius 1 is 1.38 bits per heavy atom. The molecule has 2 nitrogen and oxygen atoms in total. The lowest BCUT2D eigenvalue weighted by Gasteiger charge is -1.99. The molecular weight excluding hydrogens is 162 g/mol. The number of aryl methyl sites for hydroxylation is 1. The lowest BCUT2D eigenvalue weighted by molar-refractivity contribution is 0.0874. The maximum atomic E-state index is 5.00. The first kappa shape index (κ1) is 9.78. The van der Waals surface area contributed by atoms with Gasteiger partial charge in [0.1, 0.15) is 12.3 Å². The van der Waals surface area contributed by atoms with Crippen LogP contribution in [-0.4, -0.2) is 12.3 Å². The summed E-state index contributed by atoms with van der Waals surface area (Å²) in [5.41, 5.74) is 2.14. The van der Waals surface area contributed by atoms with E-state index in [0.717, 1.165) is 5.56 Å². The topological polar surface area (TPSA) is 21.6 Å². The zero-order valence-electron chi connectivity index (χ0n) is 8.24. The molecule has 0 spiro atoms. The molecule has 0 saturated heterocycles. The highest BCUT2D eigenvalue weighted by atomic mass is 16.6. The fourth-order valence-corrected chi connectivity index (χ4v) is 0.899. The molecule has 0 aliphatic rings. The molecule has 0 fully saturated rings. The highest BCUT2D eigenvalue weighted by Crippen LogP contribution is 2.01. The minimum atomic E-state index is 0.109. The molecule has 13 heavy (non-hydrogen) atoms. The van der Waals surface area contributed by atoms with Gasteiger partial charge in [0.2, 0.25) is 0 Å². The molecule has 0 amide bonds. The van der Waals surface area contributed by atoms with E-state index < -0.39 is 0 Å². The Morgan fingerprint density at radius 2 is 2.15 bits per heavy atom. The summed E-state index contributed by atoms with van der Waals surface area (Å²) in [5, 5.41) is 3.73. The van der Waals surface area contributed by atoms with Crippen LogP contribution in [0.3, 0.4) is 0 Å². The lowest BCUT2D eigenvalue weighted by Crippen LogP contribution is -1.96. The monoisotopic (exact) mass is 176 g/mol. The van der Waals surface area contributed by atoms with Gasteiger partial charge in [-0.25, -0.2) is 0 Å². The van der Waals surface area contributed by atoms with E-state index in [-0.39, 0.29) is 6.10 Å². The van der Waals surface area contributed by atoms with Crippen molar-refractivity contribution >= 4 is 6.21 Å². The van der Waals surface area contributed by atoms with E-state index in [2.05, 4.69) is 11.4 Å². The van der Waals surface area contributed by atoms with Crippen LogP contribution in [0.4, 0.5) is 0 Å². The first-order chi connectivity index (χ1) is 6.18. The van der Waals surface area contributed by atoms with Crippen molar-refractivity contribution in [3.63, 3.8) is 0 Å². The standard InChI is InChI=1S/C11H14NO/c1-9(2)13-12-8-11-6-4-5-10(3)7-11/h4-7,9H,1-3H3. The predicted molar refractivity (Wildman–Crippen MR) is 53.9 cm³/mol. The molecule has 0 N–H and O–H groups in total. The van der Waals surface area contributed by atoms with Gasteiger partial charge in [-0.15, -0.1) is 0 Å². The summed E-state index contributed by atoms with van der Waals surface area (Å²) in [7, 11) is 0. The molecule has 1 rings (SSSR count). The van der Waals surface area contributed by atoms with Gasteiger partial charge < -0.3 is 4.84 Å². The highest BCUT2D eigenvalue weighted by molar-refractivity contribution is 5.79. The van der Waals surface area contributed by atoms with Gasteiger partial charge in [-0.05, 0) is 26.8 Å². The second-order valence-electron chi connectivity index (χ2n) is 3.23. The second kappa shape index (κ2) is 4.65. The van der Waals surface area contributed by atoms with E-state index >= 15 is 0 Å². The average Bonchev–Trinajstić information content (AvgIpc) is 2.03. The summed E-state index contributed by atoms with van der Waals surface area (Å²) in [6.07, 6.45) is 2.93. The maximum Gasteiger partial charge on any atom is 0.139 e. The average molecular weight is 176 g/mol. The Balaban J connectivity index is 2.58. The SMILES string of the molecule is Cc1cccc(/[C]=N/OC(C)C)c1. The normalized spacial score (nSPS) is 11.1. The van der Waals surface area contributed by atoms with Gasteiger partial charge in [0.25, 0.3) is 0 Å². The molecule has 0 aliphatic carbocycles. The van der Waals surface area contributed by atoms with Crippen LogP contribution in [0.1, 0.15) is 25.0 Å². The summed E-state index contributed by atoms with van der Waals surface area (Å²) in [4.78, 5) is 5.00. The number of nitrogens with zero attached hydrogens (tertiary/aromatic N) is 1. The van der Waals surface area contributed by atoms with Crippen LogP contribution in [0.2, 0.25) is 0 Å². The molecule has 0 unspecified atom stereocenters. The lowest BCUT2D eigenvalue weighted by atomic mass is 10.2. The van der Waals surface area contributed by atoms with Gasteiger partial charge in [0.15, 0.2) is 0 Å². The summed E-state index contributed by atoms with van der Waals surface area (Å²) in [5.74, 6) is 0. The molecule has 0 aliphatic heterocycles. The fourth-order valence-electron chi connectivity index (χ4n) is 0.899. The van der Waals surface area contributed by atoms with Gasteiger partial charge in [0, 0.05) is 5.56 Å². The summed E-state index contributed by atoms with van der Waals surface area (Å²) >= 11 is 0. The summed E-state index contributed by atoms with van der Waals surface area (Å²) in [6, 6.07) is 7.96. The highest BCUT2D eigenvalue weighted by Gasteiger charge is 1.91. The van der Waals surface area contributed by atoms with Crippen LogP contribution in [0.5, 0.6) is 0 Å². The third-order valence-corrected chi connectivity index (χ3v) is 1.46. The van der Waals surface area contributed by atoms with Crippen molar-refractivity contribution in [1.29, 1.82) is 0 Å². The Morgan fingerprint density at radius 3 is 2.77 bits per heavy atom. The first-order valence-corrected chi connectivity index (χ1v) is 4.37. The molecular formula is C11H14NO. The molecule has 0 saturated carbocycles. The zero-order valence-corrected chi connectivity index (χ0v) is 8.24. The van der Waals surface area contributed by atoms with Crippen molar-refractivity contribution in [2.24, 2.45) is 5.16 Å². The number of hydrogen-bond donors (Lipinski definition) is 0. The fraction of sp³-hybridized carbons (Fsp3) is 0.364. The number of rotatable bonds is 3. The van der Waals surface area contributed by atoms with Gasteiger partial charge in [-0.3, -0.25) is 0 Å². The van der Waals surface area contributed by atoms with Gasteiger partial charge in [-0.2, -0.15) is 0 Å². The van der Waals surface area contributed by atoms with E-state index in [1.165, 1.54) is 5.56 Å². The Bertz CT molecular complexity index is 292. The van der Waals surface area contributed by atoms with E-state index in [0.29, 0.717) is 0 Å². The van der Waals surface area contributed by atoms with Crippen LogP contribution in [0, 0.1) is 6.92 Å². The number of hydrogen-bond acceptors (Lipinski definition) is 2. The van der Waals surface area contributed by atoms with Crippen LogP contribution in [0.25, 0.3) is 0 Å². The maximum absolute atomic E-state index is 5.00. The van der Waals surface area contributed by atoms with Gasteiger partial charge >= 0.3 is 0 Å². The Labute approximate surface area is 79.2 Å². The van der Waals surface area contributed by atoms with Crippen molar-refractivity contribution in [2.75, 3.05) is 0 Å². The molecule has 0 bridgehead atoms. The van der Waals surface area contributed by atoms with Crippen molar-refractivity contribution in [2.45, 2.75) is 26.9 Å². The second-order valence-corrected chi connectivity index (χ2v) is 3.23. The van der Waals surface area contributed by atoms with Crippen LogP contribution < -0.4 is 0 Å². The largest absolute Gasteiger partial charge is 0.393 e. The van der Waals surface area contributed by atoms with Gasteiger partial charge in [0.05, 0.1) is 0 Å². The Kier molecular flexibility index (Phi) is 3.50. The van der Waals surface area contributed by atoms with Crippen molar-refractivity contribution in [1.82, 2.24) is 0 Å². The van der Waals surface area contributed by atoms with Crippen molar-refractivity contribution < 1.29 is 4.84 Å². The van der Waals surface area contributed by atoms with E-state index in [1.54, 1.807) is 0 Å². The third-order valence-electron chi connectivity index (χ3n) is 1.46. The van der Waals surface area contributed by atoms with Crippen molar-refractivity contribution in [3.05, 3.63) is 35.4 Å². The molecule has 1 aromatic rings. The molecule has 0 atom stereocenters. The third kappa shape index (κ3) is 3.74. The van der Waals surface area contributed by atoms with Crippen LogP contribution >= 0.6 is 0 Å². The summed E-state index contributed by atoms with van der Waals surface area (Å²) < 4.78 is 0. The summed E-state index contributed by atoms with van der Waals surface area (Å²) in [6.45, 7) is 5.90. The zero-order chi connectivity index (χ0) is 9.68. The smallest absolute Gasteiger partial charge is 0.139 e. The molecule has 1 radical (unpaired) electrons. The van der Waals surface area contributed by atoms with E-state index in [9.17, 15) is 0 Å². The predicted octanol–water partition coefficient (Wildman–Crippen LogP) is 2.63. The quantitative estimate of drug-likeness (QED) is 0.512. The van der Waals surface area contributed by atoms with Crippen molar-refractivity contribution in [3.8, 4) is 0 Å².